The van der Waals surface area contributed by atoms with Crippen molar-refractivity contribution in [1.82, 2.24) is 0 Å². The molecule has 0 atom stereocenters. The van der Waals surface area contributed by atoms with Crippen molar-refractivity contribution in [3.05, 3.63) is 53.6 Å². The smallest absolute Gasteiger partial charge is 0.227 e. The minimum Gasteiger partial charge on any atom is -0.495 e. The molecule has 1 amide bonds. The molecule has 0 saturated heterocycles. The SMILES string of the molecule is COc1ccc(C)c2c1N(C(=O)CCSc1ccccc1)CCC2. The fourth-order valence-electron chi connectivity index (χ4n) is 3.17. The molecule has 0 unspecified atom stereocenters. The van der Waals surface area contributed by atoms with Gasteiger partial charge in [0.2, 0.25) is 5.91 Å². The summed E-state index contributed by atoms with van der Waals surface area (Å²) >= 11 is 1.73. The van der Waals surface area contributed by atoms with E-state index in [1.807, 2.05) is 29.2 Å². The van der Waals surface area contributed by atoms with Crippen molar-refractivity contribution in [2.45, 2.75) is 31.1 Å². The van der Waals surface area contributed by atoms with Gasteiger partial charge in [-0.15, -0.1) is 11.8 Å². The molecule has 2 aromatic carbocycles. The van der Waals surface area contributed by atoms with E-state index < -0.39 is 0 Å². The Bertz CT molecular complexity index is 715. The lowest BCUT2D eigenvalue weighted by atomic mass is 9.96. The number of carbonyl (C=O) groups is 1. The minimum absolute atomic E-state index is 0.184. The molecule has 0 radical (unpaired) electrons. The fourth-order valence-corrected chi connectivity index (χ4v) is 4.04. The van der Waals surface area contributed by atoms with Gasteiger partial charge in [0.05, 0.1) is 12.8 Å². The Hall–Kier alpha value is -1.94. The van der Waals surface area contributed by atoms with Crippen LogP contribution in [0.4, 0.5) is 5.69 Å². The number of hydrogen-bond donors (Lipinski definition) is 0. The molecule has 3 nitrogen and oxygen atoms in total. The molecule has 0 aliphatic carbocycles. The van der Waals surface area contributed by atoms with Crippen LogP contribution in [0, 0.1) is 6.92 Å². The summed E-state index contributed by atoms with van der Waals surface area (Å²) in [4.78, 5) is 15.9. The zero-order chi connectivity index (χ0) is 16.9. The number of nitrogens with zero attached hydrogens (tertiary/aromatic N) is 1. The number of aryl methyl sites for hydroxylation is 1. The van der Waals surface area contributed by atoms with Crippen LogP contribution < -0.4 is 9.64 Å². The van der Waals surface area contributed by atoms with Crippen LogP contribution in [0.5, 0.6) is 5.75 Å². The summed E-state index contributed by atoms with van der Waals surface area (Å²) in [6.45, 7) is 2.89. The van der Waals surface area contributed by atoms with Crippen LogP contribution in [0.3, 0.4) is 0 Å². The standard InChI is InChI=1S/C20H23NO2S/c1-15-10-11-18(23-2)20-17(15)9-6-13-21(20)19(22)12-14-24-16-7-4-3-5-8-16/h3-5,7-8,10-11H,6,9,12-14H2,1-2H3. The Balaban J connectivity index is 1.72. The lowest BCUT2D eigenvalue weighted by Gasteiger charge is -2.32. The second-order valence-corrected chi connectivity index (χ2v) is 7.14. The quantitative estimate of drug-likeness (QED) is 0.752. The number of methoxy groups -OCH3 is 1. The summed E-state index contributed by atoms with van der Waals surface area (Å²) in [5.74, 6) is 1.78. The Morgan fingerprint density at radius 2 is 2.00 bits per heavy atom. The maximum atomic E-state index is 12.8. The number of anilines is 1. The Labute approximate surface area is 148 Å². The molecule has 4 heteroatoms. The number of rotatable bonds is 5. The molecule has 1 heterocycles. The third-order valence-electron chi connectivity index (χ3n) is 4.41. The van der Waals surface area contributed by atoms with Gasteiger partial charge in [-0.3, -0.25) is 4.79 Å². The first-order valence-corrected chi connectivity index (χ1v) is 9.34. The third kappa shape index (κ3) is 3.59. The fraction of sp³-hybridized carbons (Fsp3) is 0.350. The monoisotopic (exact) mass is 341 g/mol. The third-order valence-corrected chi connectivity index (χ3v) is 5.42. The topological polar surface area (TPSA) is 29.5 Å². The van der Waals surface area contributed by atoms with Gasteiger partial charge in [0, 0.05) is 23.6 Å². The minimum atomic E-state index is 0.184. The van der Waals surface area contributed by atoms with Gasteiger partial charge < -0.3 is 9.64 Å². The highest BCUT2D eigenvalue weighted by atomic mass is 32.2. The van der Waals surface area contributed by atoms with Crippen LogP contribution in [0.15, 0.2) is 47.4 Å². The predicted octanol–water partition coefficient (Wildman–Crippen LogP) is 4.47. The average Bonchev–Trinajstić information content (AvgIpc) is 2.62. The van der Waals surface area contributed by atoms with Gasteiger partial charge in [-0.25, -0.2) is 0 Å². The predicted molar refractivity (Wildman–Crippen MR) is 100 cm³/mol. The van der Waals surface area contributed by atoms with Gasteiger partial charge in [0.25, 0.3) is 0 Å². The van der Waals surface area contributed by atoms with E-state index >= 15 is 0 Å². The van der Waals surface area contributed by atoms with Gasteiger partial charge in [0.15, 0.2) is 0 Å². The summed E-state index contributed by atoms with van der Waals surface area (Å²) in [6.07, 6.45) is 2.57. The second-order valence-electron chi connectivity index (χ2n) is 5.97. The number of amides is 1. The molecule has 24 heavy (non-hydrogen) atoms. The molecular weight excluding hydrogens is 318 g/mol. The van der Waals surface area contributed by atoms with E-state index in [1.54, 1.807) is 18.9 Å². The van der Waals surface area contributed by atoms with Crippen LogP contribution in [0.2, 0.25) is 0 Å². The highest BCUT2D eigenvalue weighted by Crippen LogP contribution is 2.38. The first-order valence-electron chi connectivity index (χ1n) is 8.35. The van der Waals surface area contributed by atoms with Crippen LogP contribution >= 0.6 is 11.8 Å². The number of carbonyl (C=O) groups excluding carboxylic acids is 1. The Kier molecular flexibility index (Phi) is 5.46. The number of benzene rings is 2. The summed E-state index contributed by atoms with van der Waals surface area (Å²) in [5, 5.41) is 0. The molecule has 0 fully saturated rings. The van der Waals surface area contributed by atoms with Gasteiger partial charge >= 0.3 is 0 Å². The number of ether oxygens (including phenoxy) is 1. The van der Waals surface area contributed by atoms with E-state index in [2.05, 4.69) is 25.1 Å². The largest absolute Gasteiger partial charge is 0.495 e. The van der Waals surface area contributed by atoms with E-state index in [4.69, 9.17) is 4.74 Å². The molecule has 0 N–H and O–H groups in total. The van der Waals surface area contributed by atoms with Crippen molar-refractivity contribution in [3.63, 3.8) is 0 Å². The van der Waals surface area contributed by atoms with E-state index in [1.165, 1.54) is 16.0 Å². The van der Waals surface area contributed by atoms with Crippen molar-refractivity contribution < 1.29 is 9.53 Å². The van der Waals surface area contributed by atoms with Crippen molar-refractivity contribution in [1.29, 1.82) is 0 Å². The highest BCUT2D eigenvalue weighted by molar-refractivity contribution is 7.99. The summed E-state index contributed by atoms with van der Waals surface area (Å²) in [6, 6.07) is 14.3. The number of fused-ring (bicyclic) bond motifs is 1. The second kappa shape index (κ2) is 7.75. The molecule has 3 rings (SSSR count). The normalized spacial score (nSPS) is 13.5. The van der Waals surface area contributed by atoms with Crippen LogP contribution in [0.25, 0.3) is 0 Å². The van der Waals surface area contributed by atoms with Crippen LogP contribution in [0.1, 0.15) is 24.0 Å². The number of thioether (sulfide) groups is 1. The van der Waals surface area contributed by atoms with E-state index in [0.717, 1.165) is 36.6 Å². The van der Waals surface area contributed by atoms with Gasteiger partial charge in [-0.2, -0.15) is 0 Å². The molecule has 1 aliphatic heterocycles. The highest BCUT2D eigenvalue weighted by Gasteiger charge is 2.26. The van der Waals surface area contributed by atoms with Gasteiger partial charge in [0.1, 0.15) is 5.75 Å². The van der Waals surface area contributed by atoms with Crippen molar-refractivity contribution in [2.24, 2.45) is 0 Å². The molecular formula is C20H23NO2S. The molecule has 0 saturated carbocycles. The number of hydrogen-bond acceptors (Lipinski definition) is 3. The van der Waals surface area contributed by atoms with E-state index in [0.29, 0.717) is 6.42 Å². The van der Waals surface area contributed by atoms with Gasteiger partial charge in [-0.05, 0) is 49.1 Å². The average molecular weight is 341 g/mol. The first-order chi connectivity index (χ1) is 11.7. The summed E-state index contributed by atoms with van der Waals surface area (Å²) < 4.78 is 5.52. The maximum Gasteiger partial charge on any atom is 0.227 e. The molecule has 1 aliphatic rings. The molecule has 0 spiro atoms. The van der Waals surface area contributed by atoms with Crippen molar-refractivity contribution >= 4 is 23.4 Å². The van der Waals surface area contributed by atoms with E-state index in [-0.39, 0.29) is 5.91 Å². The van der Waals surface area contributed by atoms with Gasteiger partial charge in [-0.1, -0.05) is 24.3 Å². The summed E-state index contributed by atoms with van der Waals surface area (Å²) in [7, 11) is 1.67. The first kappa shape index (κ1) is 16.9. The summed E-state index contributed by atoms with van der Waals surface area (Å²) in [5.41, 5.74) is 3.48. The molecule has 126 valence electrons. The molecule has 0 aromatic heterocycles. The Morgan fingerprint density at radius 1 is 1.21 bits per heavy atom. The van der Waals surface area contributed by atoms with Crippen LogP contribution in [-0.4, -0.2) is 25.3 Å². The lowest BCUT2D eigenvalue weighted by Crippen LogP contribution is -2.36. The Morgan fingerprint density at radius 3 is 2.75 bits per heavy atom. The molecule has 0 bridgehead atoms. The zero-order valence-electron chi connectivity index (χ0n) is 14.2. The lowest BCUT2D eigenvalue weighted by molar-refractivity contribution is -0.118. The zero-order valence-corrected chi connectivity index (χ0v) is 15.1. The molecule has 2 aromatic rings. The van der Waals surface area contributed by atoms with Crippen molar-refractivity contribution in [3.8, 4) is 5.75 Å². The van der Waals surface area contributed by atoms with Crippen molar-refractivity contribution in [2.75, 3.05) is 24.3 Å². The van der Waals surface area contributed by atoms with E-state index in [9.17, 15) is 4.79 Å². The maximum absolute atomic E-state index is 12.8. The van der Waals surface area contributed by atoms with Crippen LogP contribution in [-0.2, 0) is 11.2 Å².